The van der Waals surface area contributed by atoms with Gasteiger partial charge in [0.15, 0.2) is 0 Å². The Bertz CT molecular complexity index is 725. The maximum absolute atomic E-state index is 11.8. The molecule has 3 rings (SSSR count). The van der Waals surface area contributed by atoms with E-state index in [0.29, 0.717) is 18.2 Å². The van der Waals surface area contributed by atoms with Gasteiger partial charge in [0.1, 0.15) is 6.04 Å². The zero-order valence-corrected chi connectivity index (χ0v) is 12.4. The van der Waals surface area contributed by atoms with Crippen molar-refractivity contribution < 1.29 is 9.90 Å². The van der Waals surface area contributed by atoms with Crippen molar-refractivity contribution in [1.82, 2.24) is 19.9 Å². The highest BCUT2D eigenvalue weighted by atomic mass is 16.4. The van der Waals surface area contributed by atoms with Gasteiger partial charge in [-0.15, -0.1) is 0 Å². The number of aromatic nitrogens is 4. The lowest BCUT2D eigenvalue weighted by Crippen LogP contribution is -2.43. The summed E-state index contributed by atoms with van der Waals surface area (Å²) in [6.45, 7) is 0.440. The van der Waals surface area contributed by atoms with Crippen LogP contribution in [0.5, 0.6) is 0 Å². The van der Waals surface area contributed by atoms with E-state index in [0.717, 1.165) is 5.56 Å². The minimum absolute atomic E-state index is 0.284. The van der Waals surface area contributed by atoms with E-state index < -0.39 is 12.0 Å². The Morgan fingerprint density at radius 2 is 2.09 bits per heavy atom. The molecular formula is C16H17N5O2. The fourth-order valence-corrected chi connectivity index (χ4v) is 2.46. The number of imidazole rings is 2. The predicted octanol–water partition coefficient (Wildman–Crippen LogP) is 1.84. The number of nitrogens with zero attached hydrogens (tertiary/aromatic N) is 3. The van der Waals surface area contributed by atoms with Crippen LogP contribution in [-0.2, 0) is 17.8 Å². The van der Waals surface area contributed by atoms with Gasteiger partial charge in [-0.05, 0) is 5.56 Å². The van der Waals surface area contributed by atoms with Crippen molar-refractivity contribution >= 4 is 11.9 Å². The van der Waals surface area contributed by atoms with Gasteiger partial charge in [-0.3, -0.25) is 0 Å². The number of hydrogen-bond acceptors (Lipinski definition) is 4. The van der Waals surface area contributed by atoms with Crippen LogP contribution in [0.4, 0.5) is 5.95 Å². The first-order valence-electron chi connectivity index (χ1n) is 7.24. The van der Waals surface area contributed by atoms with Gasteiger partial charge in [-0.1, -0.05) is 30.3 Å². The number of anilines is 1. The van der Waals surface area contributed by atoms with Crippen LogP contribution in [0.3, 0.4) is 0 Å². The molecule has 1 atom stereocenters. The fourth-order valence-electron chi connectivity index (χ4n) is 2.46. The van der Waals surface area contributed by atoms with E-state index in [4.69, 9.17) is 0 Å². The van der Waals surface area contributed by atoms with E-state index >= 15 is 0 Å². The summed E-state index contributed by atoms with van der Waals surface area (Å²) >= 11 is 0. The van der Waals surface area contributed by atoms with E-state index in [2.05, 4.69) is 19.9 Å². The van der Waals surface area contributed by atoms with Crippen molar-refractivity contribution in [3.63, 3.8) is 0 Å². The molecule has 0 spiro atoms. The highest BCUT2D eigenvalue weighted by Gasteiger charge is 2.28. The largest absolute Gasteiger partial charge is 0.480 e. The molecule has 118 valence electrons. The standard InChI is InChI=1S/C16H17N5O2/c22-15(23)14(8-13-9-17-11-20-13)21(16-18-6-7-19-16)10-12-4-2-1-3-5-12/h1-7,9,11,14H,8,10H2,(H,17,20)(H,18,19)(H,22,23)/t14-/m0/s1. The van der Waals surface area contributed by atoms with Gasteiger partial charge in [0.2, 0.25) is 5.95 Å². The highest BCUT2D eigenvalue weighted by molar-refractivity contribution is 5.77. The quantitative estimate of drug-likeness (QED) is 0.618. The number of H-pyrrole nitrogens is 2. The van der Waals surface area contributed by atoms with Crippen LogP contribution in [0, 0.1) is 0 Å². The van der Waals surface area contributed by atoms with Crippen LogP contribution in [-0.4, -0.2) is 37.1 Å². The summed E-state index contributed by atoms with van der Waals surface area (Å²) in [5.41, 5.74) is 1.71. The molecule has 0 saturated heterocycles. The van der Waals surface area contributed by atoms with Crippen molar-refractivity contribution in [2.45, 2.75) is 19.0 Å². The highest BCUT2D eigenvalue weighted by Crippen LogP contribution is 2.18. The van der Waals surface area contributed by atoms with Gasteiger partial charge in [0.25, 0.3) is 0 Å². The van der Waals surface area contributed by atoms with Crippen LogP contribution in [0.15, 0.2) is 55.2 Å². The summed E-state index contributed by atoms with van der Waals surface area (Å²) in [7, 11) is 0. The Balaban J connectivity index is 1.90. The molecule has 1 aromatic carbocycles. The number of carboxylic acids is 1. The van der Waals surface area contributed by atoms with Gasteiger partial charge in [0.05, 0.1) is 12.0 Å². The first-order valence-corrected chi connectivity index (χ1v) is 7.24. The molecule has 0 unspecified atom stereocenters. The van der Waals surface area contributed by atoms with E-state index in [9.17, 15) is 9.90 Å². The summed E-state index contributed by atoms with van der Waals surface area (Å²) < 4.78 is 0. The average molecular weight is 311 g/mol. The number of aliphatic carboxylic acids is 1. The smallest absolute Gasteiger partial charge is 0.326 e. The Kier molecular flexibility index (Phi) is 4.37. The molecule has 0 radical (unpaired) electrons. The lowest BCUT2D eigenvalue weighted by Gasteiger charge is -2.28. The first kappa shape index (κ1) is 14.8. The SMILES string of the molecule is O=C(O)[C@H](Cc1c[nH]cn1)N(Cc1ccccc1)c1ncc[nH]1. The molecule has 23 heavy (non-hydrogen) atoms. The molecule has 7 heteroatoms. The number of rotatable bonds is 7. The lowest BCUT2D eigenvalue weighted by atomic mass is 10.1. The maximum Gasteiger partial charge on any atom is 0.326 e. The zero-order chi connectivity index (χ0) is 16.1. The molecule has 0 amide bonds. The maximum atomic E-state index is 11.8. The second kappa shape index (κ2) is 6.78. The Hall–Kier alpha value is -3.09. The summed E-state index contributed by atoms with van der Waals surface area (Å²) in [5, 5.41) is 9.70. The Morgan fingerprint density at radius 1 is 1.26 bits per heavy atom. The molecule has 3 N–H and O–H groups in total. The monoisotopic (exact) mass is 311 g/mol. The second-order valence-corrected chi connectivity index (χ2v) is 5.14. The summed E-state index contributed by atoms with van der Waals surface area (Å²) in [4.78, 5) is 27.8. The third-order valence-electron chi connectivity index (χ3n) is 3.57. The number of carbonyl (C=O) groups is 1. The second-order valence-electron chi connectivity index (χ2n) is 5.14. The topological polar surface area (TPSA) is 97.9 Å². The normalized spacial score (nSPS) is 12.0. The molecule has 0 aliphatic carbocycles. The molecule has 0 fully saturated rings. The average Bonchev–Trinajstić information content (AvgIpc) is 3.25. The number of hydrogen-bond donors (Lipinski definition) is 3. The van der Waals surface area contributed by atoms with Gasteiger partial charge in [-0.2, -0.15) is 0 Å². The van der Waals surface area contributed by atoms with Gasteiger partial charge in [0, 0.05) is 31.6 Å². The number of benzene rings is 1. The molecule has 3 aromatic rings. The Morgan fingerprint density at radius 3 is 2.70 bits per heavy atom. The van der Waals surface area contributed by atoms with Gasteiger partial charge in [-0.25, -0.2) is 14.8 Å². The summed E-state index contributed by atoms with van der Waals surface area (Å²) in [6, 6.07) is 8.94. The third kappa shape index (κ3) is 3.57. The van der Waals surface area contributed by atoms with Crippen molar-refractivity contribution in [3.8, 4) is 0 Å². The van der Waals surface area contributed by atoms with Crippen LogP contribution in [0.2, 0.25) is 0 Å². The van der Waals surface area contributed by atoms with E-state index in [1.165, 1.54) is 0 Å². The fraction of sp³-hybridized carbons (Fsp3) is 0.188. The predicted molar refractivity (Wildman–Crippen MR) is 84.9 cm³/mol. The van der Waals surface area contributed by atoms with Crippen molar-refractivity contribution in [2.75, 3.05) is 4.90 Å². The molecule has 7 nitrogen and oxygen atoms in total. The van der Waals surface area contributed by atoms with Crippen molar-refractivity contribution in [3.05, 3.63) is 66.5 Å². The molecular weight excluding hydrogens is 294 g/mol. The van der Waals surface area contributed by atoms with Crippen LogP contribution >= 0.6 is 0 Å². The lowest BCUT2D eigenvalue weighted by molar-refractivity contribution is -0.138. The minimum Gasteiger partial charge on any atom is -0.480 e. The van der Waals surface area contributed by atoms with Crippen LogP contribution in [0.1, 0.15) is 11.3 Å². The van der Waals surface area contributed by atoms with Gasteiger partial charge < -0.3 is 20.0 Å². The first-order chi connectivity index (χ1) is 11.2. The molecule has 0 saturated carbocycles. The van der Waals surface area contributed by atoms with E-state index in [1.54, 1.807) is 29.8 Å². The summed E-state index contributed by atoms with van der Waals surface area (Å²) in [6.07, 6.45) is 6.83. The molecule has 0 aliphatic rings. The number of carboxylic acid groups (broad SMARTS) is 1. The van der Waals surface area contributed by atoms with Crippen molar-refractivity contribution in [1.29, 1.82) is 0 Å². The number of nitrogens with one attached hydrogen (secondary N) is 2. The zero-order valence-electron chi connectivity index (χ0n) is 12.4. The number of aromatic amines is 2. The molecule has 2 heterocycles. The van der Waals surface area contributed by atoms with E-state index in [1.807, 2.05) is 30.3 Å². The molecule has 0 aliphatic heterocycles. The van der Waals surface area contributed by atoms with Crippen LogP contribution < -0.4 is 4.90 Å². The Labute approximate surface area is 133 Å². The van der Waals surface area contributed by atoms with Crippen LogP contribution in [0.25, 0.3) is 0 Å². The van der Waals surface area contributed by atoms with Crippen molar-refractivity contribution in [2.24, 2.45) is 0 Å². The third-order valence-corrected chi connectivity index (χ3v) is 3.57. The summed E-state index contributed by atoms with van der Waals surface area (Å²) in [5.74, 6) is -0.392. The molecule has 2 aromatic heterocycles. The minimum atomic E-state index is -0.916. The molecule has 0 bridgehead atoms. The van der Waals surface area contributed by atoms with Gasteiger partial charge >= 0.3 is 5.97 Å². The van der Waals surface area contributed by atoms with E-state index in [-0.39, 0.29) is 6.42 Å².